The fourth-order valence-corrected chi connectivity index (χ4v) is 3.02. The van der Waals surface area contributed by atoms with Gasteiger partial charge in [0.2, 0.25) is 11.0 Å². The fourth-order valence-electron chi connectivity index (χ4n) is 2.39. The fraction of sp³-hybridized carbons (Fsp3) is 0.800. The van der Waals surface area contributed by atoms with Crippen LogP contribution in [0, 0.1) is 11.8 Å². The Morgan fingerprint density at radius 2 is 2.00 bits per heavy atom. The van der Waals surface area contributed by atoms with Crippen LogP contribution in [0.4, 0.5) is 5.13 Å². The molecule has 2 rings (SSSR count). The van der Waals surface area contributed by atoms with Gasteiger partial charge in [-0.2, -0.15) is 4.37 Å². The van der Waals surface area contributed by atoms with Crippen LogP contribution < -0.4 is 5.32 Å². The summed E-state index contributed by atoms with van der Waals surface area (Å²) in [5.41, 5.74) is 0. The molecule has 1 aliphatic rings. The maximum absolute atomic E-state index is 12.7. The molecule has 2 heterocycles. The van der Waals surface area contributed by atoms with Crippen LogP contribution in [0.25, 0.3) is 0 Å². The Labute approximate surface area is 136 Å². The molecule has 1 amide bonds. The molecule has 1 N–H and O–H groups in total. The van der Waals surface area contributed by atoms with Gasteiger partial charge in [-0.25, -0.2) is 4.98 Å². The van der Waals surface area contributed by atoms with Crippen LogP contribution in [0.1, 0.15) is 33.5 Å². The van der Waals surface area contributed by atoms with Crippen molar-refractivity contribution in [3.8, 4) is 0 Å². The maximum atomic E-state index is 12.7. The predicted octanol–water partition coefficient (Wildman–Crippen LogP) is 2.03. The molecule has 1 aliphatic heterocycles. The predicted molar refractivity (Wildman–Crippen MR) is 88.1 cm³/mol. The van der Waals surface area contributed by atoms with Gasteiger partial charge in [0.05, 0.1) is 13.2 Å². The first-order valence-corrected chi connectivity index (χ1v) is 8.70. The molecule has 0 radical (unpaired) electrons. The molecule has 0 spiro atoms. The van der Waals surface area contributed by atoms with Crippen LogP contribution in [0.2, 0.25) is 0 Å². The van der Waals surface area contributed by atoms with Gasteiger partial charge < -0.3 is 15.0 Å². The number of carbonyl (C=O) groups is 1. The summed E-state index contributed by atoms with van der Waals surface area (Å²) in [7, 11) is 0. The molecular formula is C15H26N4O2S. The molecule has 1 aromatic heterocycles. The van der Waals surface area contributed by atoms with Gasteiger partial charge >= 0.3 is 0 Å². The molecule has 1 atom stereocenters. The summed E-state index contributed by atoms with van der Waals surface area (Å²) in [6.07, 6.45) is 0.863. The lowest BCUT2D eigenvalue weighted by atomic mass is 10.0. The first-order chi connectivity index (χ1) is 10.5. The van der Waals surface area contributed by atoms with Crippen molar-refractivity contribution in [2.45, 2.75) is 40.2 Å². The highest BCUT2D eigenvalue weighted by Crippen LogP contribution is 2.19. The number of hydrogen-bond donors (Lipinski definition) is 1. The molecule has 0 aliphatic carbocycles. The zero-order valence-electron chi connectivity index (χ0n) is 13.8. The average molecular weight is 326 g/mol. The Balaban J connectivity index is 2.01. The van der Waals surface area contributed by atoms with Gasteiger partial charge in [-0.05, 0) is 11.8 Å². The topological polar surface area (TPSA) is 67.4 Å². The van der Waals surface area contributed by atoms with E-state index >= 15 is 0 Å². The molecule has 0 saturated carbocycles. The Morgan fingerprint density at radius 1 is 1.32 bits per heavy atom. The monoisotopic (exact) mass is 326 g/mol. The maximum Gasteiger partial charge on any atom is 0.245 e. The normalized spacial score (nSPS) is 17.1. The lowest BCUT2D eigenvalue weighted by molar-refractivity contribution is -0.137. The van der Waals surface area contributed by atoms with Gasteiger partial charge in [0.15, 0.2) is 0 Å². The minimum Gasteiger partial charge on any atom is -0.378 e. The largest absolute Gasteiger partial charge is 0.378 e. The van der Waals surface area contributed by atoms with Gasteiger partial charge in [0.1, 0.15) is 11.9 Å². The molecule has 1 unspecified atom stereocenters. The first-order valence-electron chi connectivity index (χ1n) is 7.93. The molecule has 1 saturated heterocycles. The van der Waals surface area contributed by atoms with Crippen LogP contribution >= 0.6 is 11.5 Å². The highest BCUT2D eigenvalue weighted by molar-refractivity contribution is 7.09. The van der Waals surface area contributed by atoms with Crippen LogP contribution in [-0.2, 0) is 16.0 Å². The smallest absolute Gasteiger partial charge is 0.245 e. The summed E-state index contributed by atoms with van der Waals surface area (Å²) in [5.74, 6) is 1.69. The van der Waals surface area contributed by atoms with E-state index in [4.69, 9.17) is 4.74 Å². The minimum atomic E-state index is -0.266. The van der Waals surface area contributed by atoms with Crippen molar-refractivity contribution < 1.29 is 9.53 Å². The Hall–Kier alpha value is -1.21. The molecule has 22 heavy (non-hydrogen) atoms. The van der Waals surface area contributed by atoms with Gasteiger partial charge in [-0.1, -0.05) is 27.7 Å². The summed E-state index contributed by atoms with van der Waals surface area (Å²) in [6, 6.07) is -0.266. The number of ether oxygens (including phenoxy) is 1. The Bertz CT molecular complexity index is 484. The van der Waals surface area contributed by atoms with Crippen molar-refractivity contribution in [2.24, 2.45) is 11.8 Å². The third-order valence-corrected chi connectivity index (χ3v) is 4.28. The number of rotatable bonds is 6. The molecule has 1 fully saturated rings. The Kier molecular flexibility index (Phi) is 6.14. The van der Waals surface area contributed by atoms with Crippen molar-refractivity contribution in [3.63, 3.8) is 0 Å². The SMILES string of the molecule is CC(C)Cc1nsc(NC(C(=O)N2CCOCC2)C(C)C)n1. The second-order valence-corrected chi connectivity index (χ2v) is 7.17. The second kappa shape index (κ2) is 7.87. The average Bonchev–Trinajstić information content (AvgIpc) is 2.91. The van der Waals surface area contributed by atoms with E-state index < -0.39 is 0 Å². The molecule has 0 bridgehead atoms. The molecule has 0 aromatic carbocycles. The minimum absolute atomic E-state index is 0.124. The van der Waals surface area contributed by atoms with Gasteiger partial charge in [-0.3, -0.25) is 4.79 Å². The summed E-state index contributed by atoms with van der Waals surface area (Å²) < 4.78 is 9.68. The van der Waals surface area contributed by atoms with E-state index in [2.05, 4.69) is 28.5 Å². The summed E-state index contributed by atoms with van der Waals surface area (Å²) in [5, 5.41) is 4.01. The van der Waals surface area contributed by atoms with Crippen molar-refractivity contribution in [3.05, 3.63) is 5.82 Å². The summed E-state index contributed by atoms with van der Waals surface area (Å²) in [6.45, 7) is 11.0. The molecule has 6 nitrogen and oxygen atoms in total. The van der Waals surface area contributed by atoms with Crippen LogP contribution in [0.3, 0.4) is 0 Å². The second-order valence-electron chi connectivity index (χ2n) is 6.42. The lowest BCUT2D eigenvalue weighted by Gasteiger charge is -2.32. The number of anilines is 1. The van der Waals surface area contributed by atoms with Crippen molar-refractivity contribution in [2.75, 3.05) is 31.6 Å². The molecule has 1 aromatic rings. The number of amides is 1. The molecule has 124 valence electrons. The third-order valence-electron chi connectivity index (χ3n) is 3.59. The van der Waals surface area contributed by atoms with Crippen molar-refractivity contribution in [1.29, 1.82) is 0 Å². The van der Waals surface area contributed by atoms with Crippen LogP contribution in [0.5, 0.6) is 0 Å². The van der Waals surface area contributed by atoms with E-state index in [1.54, 1.807) is 0 Å². The van der Waals surface area contributed by atoms with Crippen molar-refractivity contribution >= 4 is 22.6 Å². The van der Waals surface area contributed by atoms with Gasteiger partial charge in [0, 0.05) is 31.0 Å². The zero-order chi connectivity index (χ0) is 16.1. The van der Waals surface area contributed by atoms with Crippen LogP contribution in [0.15, 0.2) is 0 Å². The Morgan fingerprint density at radius 3 is 2.59 bits per heavy atom. The summed E-state index contributed by atoms with van der Waals surface area (Å²) >= 11 is 1.33. The number of nitrogens with one attached hydrogen (secondary N) is 1. The van der Waals surface area contributed by atoms with E-state index in [0.717, 1.165) is 17.4 Å². The quantitative estimate of drug-likeness (QED) is 0.866. The van der Waals surface area contributed by atoms with E-state index in [-0.39, 0.29) is 17.9 Å². The van der Waals surface area contributed by atoms with E-state index in [9.17, 15) is 4.79 Å². The standard InChI is InChI=1S/C15H26N4O2S/c1-10(2)9-12-16-15(22-18-12)17-13(11(3)4)14(20)19-5-7-21-8-6-19/h10-11,13H,5-9H2,1-4H3,(H,16,17,18). The molecular weight excluding hydrogens is 300 g/mol. The highest BCUT2D eigenvalue weighted by atomic mass is 32.1. The lowest BCUT2D eigenvalue weighted by Crippen LogP contribution is -2.49. The third kappa shape index (κ3) is 4.64. The van der Waals surface area contributed by atoms with E-state index in [1.165, 1.54) is 11.5 Å². The number of morpholine rings is 1. The zero-order valence-corrected chi connectivity index (χ0v) is 14.7. The number of nitrogens with zero attached hydrogens (tertiary/aromatic N) is 3. The molecule has 7 heteroatoms. The summed E-state index contributed by atoms with van der Waals surface area (Å²) in [4.78, 5) is 19.1. The number of hydrogen-bond acceptors (Lipinski definition) is 6. The van der Waals surface area contributed by atoms with Gasteiger partial charge in [-0.15, -0.1) is 0 Å². The first kappa shape index (κ1) is 17.1. The number of carbonyl (C=O) groups excluding carboxylic acids is 1. The van der Waals surface area contributed by atoms with Crippen LogP contribution in [-0.4, -0.2) is 52.5 Å². The highest BCUT2D eigenvalue weighted by Gasteiger charge is 2.29. The van der Waals surface area contributed by atoms with Crippen molar-refractivity contribution in [1.82, 2.24) is 14.3 Å². The van der Waals surface area contributed by atoms with E-state index in [1.807, 2.05) is 18.7 Å². The van der Waals surface area contributed by atoms with Gasteiger partial charge in [0.25, 0.3) is 0 Å². The number of aromatic nitrogens is 2. The van der Waals surface area contributed by atoms with E-state index in [0.29, 0.717) is 32.2 Å².